The van der Waals surface area contributed by atoms with Gasteiger partial charge >= 0.3 is 0 Å². The zero-order valence-corrected chi connectivity index (χ0v) is 12.9. The van der Waals surface area contributed by atoms with Gasteiger partial charge in [-0.15, -0.1) is 0 Å². The third kappa shape index (κ3) is 3.97. The molecule has 0 aromatic heterocycles. The Morgan fingerprint density at radius 3 is 2.45 bits per heavy atom. The summed E-state index contributed by atoms with van der Waals surface area (Å²) in [5.74, 6) is 1.00. The van der Waals surface area contributed by atoms with Crippen LogP contribution in [0.2, 0.25) is 0 Å². The second-order valence-electron chi connectivity index (χ2n) is 5.99. The summed E-state index contributed by atoms with van der Waals surface area (Å²) in [4.78, 5) is 0. The van der Waals surface area contributed by atoms with Gasteiger partial charge in [0.2, 0.25) is 0 Å². The number of aliphatic hydroxyl groups is 1. The normalized spacial score (nSPS) is 22.8. The minimum atomic E-state index is -0.188. The molecule has 2 atom stereocenters. The van der Waals surface area contributed by atoms with Crippen molar-refractivity contribution in [3.05, 3.63) is 28.8 Å². The third-order valence-corrected chi connectivity index (χ3v) is 4.09. The van der Waals surface area contributed by atoms with Crippen molar-refractivity contribution in [3.63, 3.8) is 0 Å². The predicted octanol–water partition coefficient (Wildman–Crippen LogP) is 2.88. The average molecular weight is 277 g/mol. The topological polar surface area (TPSA) is 41.5 Å². The lowest BCUT2D eigenvalue weighted by atomic mass is 9.93. The first-order valence-corrected chi connectivity index (χ1v) is 7.70. The van der Waals surface area contributed by atoms with Crippen LogP contribution in [0, 0.1) is 20.8 Å². The quantitative estimate of drug-likeness (QED) is 0.813. The van der Waals surface area contributed by atoms with Gasteiger partial charge in [-0.25, -0.2) is 0 Å². The molecule has 2 N–H and O–H groups in total. The van der Waals surface area contributed by atoms with Crippen molar-refractivity contribution < 1.29 is 9.84 Å². The minimum Gasteiger partial charge on any atom is -0.492 e. The van der Waals surface area contributed by atoms with E-state index >= 15 is 0 Å². The van der Waals surface area contributed by atoms with E-state index in [0.29, 0.717) is 6.61 Å². The van der Waals surface area contributed by atoms with Crippen molar-refractivity contribution in [1.82, 2.24) is 5.32 Å². The highest BCUT2D eigenvalue weighted by atomic mass is 16.5. The molecule has 1 aliphatic rings. The zero-order valence-electron chi connectivity index (χ0n) is 12.9. The van der Waals surface area contributed by atoms with Crippen LogP contribution in [0.4, 0.5) is 0 Å². The van der Waals surface area contributed by atoms with E-state index in [1.807, 2.05) is 0 Å². The summed E-state index contributed by atoms with van der Waals surface area (Å²) in [7, 11) is 0. The summed E-state index contributed by atoms with van der Waals surface area (Å²) >= 11 is 0. The van der Waals surface area contributed by atoms with Gasteiger partial charge in [-0.2, -0.15) is 0 Å². The molecular formula is C17H27NO2. The number of aryl methyl sites for hydroxylation is 3. The number of hydrogen-bond donors (Lipinski definition) is 2. The van der Waals surface area contributed by atoms with Crippen molar-refractivity contribution >= 4 is 0 Å². The molecule has 3 heteroatoms. The molecule has 1 aromatic carbocycles. The van der Waals surface area contributed by atoms with Gasteiger partial charge in [0.15, 0.2) is 0 Å². The van der Waals surface area contributed by atoms with Gasteiger partial charge in [0.1, 0.15) is 12.4 Å². The largest absolute Gasteiger partial charge is 0.492 e. The monoisotopic (exact) mass is 277 g/mol. The molecule has 112 valence electrons. The van der Waals surface area contributed by atoms with Crippen LogP contribution < -0.4 is 10.1 Å². The predicted molar refractivity (Wildman–Crippen MR) is 82.4 cm³/mol. The summed E-state index contributed by atoms with van der Waals surface area (Å²) in [6.45, 7) is 7.72. The van der Waals surface area contributed by atoms with Crippen molar-refractivity contribution in [2.75, 3.05) is 13.2 Å². The molecule has 0 heterocycles. The first-order chi connectivity index (χ1) is 9.58. The van der Waals surface area contributed by atoms with Gasteiger partial charge in [-0.05, 0) is 44.7 Å². The highest BCUT2D eigenvalue weighted by Gasteiger charge is 2.21. The molecule has 0 spiro atoms. The maximum Gasteiger partial charge on any atom is 0.125 e. The Balaban J connectivity index is 1.78. The van der Waals surface area contributed by atoms with Gasteiger partial charge in [-0.3, -0.25) is 0 Å². The van der Waals surface area contributed by atoms with E-state index in [9.17, 15) is 5.11 Å². The maximum atomic E-state index is 9.90. The van der Waals surface area contributed by atoms with E-state index in [0.717, 1.165) is 31.6 Å². The van der Waals surface area contributed by atoms with Gasteiger partial charge < -0.3 is 15.2 Å². The van der Waals surface area contributed by atoms with Gasteiger partial charge in [0.05, 0.1) is 6.10 Å². The van der Waals surface area contributed by atoms with Crippen molar-refractivity contribution in [2.45, 2.75) is 58.6 Å². The Kier molecular flexibility index (Phi) is 5.44. The molecule has 2 rings (SSSR count). The number of aliphatic hydroxyl groups excluding tert-OH is 1. The standard InChI is InChI=1S/C17H27NO2/c1-12-10-13(2)17(14(3)11-12)20-9-8-18-15-6-4-5-7-16(15)19/h10-11,15-16,18-19H,4-9H2,1-3H3. The number of ether oxygens (including phenoxy) is 1. The van der Waals surface area contributed by atoms with E-state index in [4.69, 9.17) is 4.74 Å². The Bertz CT molecular complexity index is 422. The van der Waals surface area contributed by atoms with Crippen molar-refractivity contribution in [2.24, 2.45) is 0 Å². The first-order valence-electron chi connectivity index (χ1n) is 7.70. The Labute approximate surface area is 122 Å². The molecule has 1 aliphatic carbocycles. The molecule has 1 saturated carbocycles. The van der Waals surface area contributed by atoms with Crippen LogP contribution in [0.1, 0.15) is 42.4 Å². The fourth-order valence-corrected chi connectivity index (χ4v) is 3.14. The molecular weight excluding hydrogens is 250 g/mol. The highest BCUT2D eigenvalue weighted by Crippen LogP contribution is 2.24. The van der Waals surface area contributed by atoms with E-state index < -0.39 is 0 Å². The smallest absolute Gasteiger partial charge is 0.125 e. The average Bonchev–Trinajstić information content (AvgIpc) is 2.38. The van der Waals surface area contributed by atoms with Crippen LogP contribution in [-0.2, 0) is 0 Å². The first kappa shape index (κ1) is 15.3. The zero-order chi connectivity index (χ0) is 14.5. The van der Waals surface area contributed by atoms with E-state index in [1.54, 1.807) is 0 Å². The summed E-state index contributed by atoms with van der Waals surface area (Å²) in [5, 5.41) is 13.3. The Morgan fingerprint density at radius 1 is 1.15 bits per heavy atom. The van der Waals surface area contributed by atoms with Crippen molar-refractivity contribution in [1.29, 1.82) is 0 Å². The molecule has 0 saturated heterocycles. The van der Waals surface area contributed by atoms with Gasteiger partial charge in [-0.1, -0.05) is 30.5 Å². The van der Waals surface area contributed by atoms with Crippen LogP contribution in [0.15, 0.2) is 12.1 Å². The van der Waals surface area contributed by atoms with Crippen LogP contribution >= 0.6 is 0 Å². The lowest BCUT2D eigenvalue weighted by molar-refractivity contribution is 0.0890. The molecule has 0 aliphatic heterocycles. The summed E-state index contributed by atoms with van der Waals surface area (Å²) in [6, 6.07) is 4.55. The van der Waals surface area contributed by atoms with Crippen LogP contribution in [-0.4, -0.2) is 30.4 Å². The number of rotatable bonds is 5. The molecule has 2 unspecified atom stereocenters. The lowest BCUT2D eigenvalue weighted by Crippen LogP contribution is -2.43. The van der Waals surface area contributed by atoms with E-state index in [2.05, 4.69) is 38.2 Å². The van der Waals surface area contributed by atoms with Gasteiger partial charge in [0, 0.05) is 12.6 Å². The highest BCUT2D eigenvalue weighted by molar-refractivity contribution is 5.42. The summed E-state index contributed by atoms with van der Waals surface area (Å²) in [6.07, 6.45) is 4.17. The van der Waals surface area contributed by atoms with Crippen LogP contribution in [0.3, 0.4) is 0 Å². The molecule has 1 fully saturated rings. The second kappa shape index (κ2) is 7.09. The van der Waals surface area contributed by atoms with E-state index in [1.165, 1.54) is 23.1 Å². The molecule has 0 radical (unpaired) electrons. The molecule has 3 nitrogen and oxygen atoms in total. The minimum absolute atomic E-state index is 0.188. The SMILES string of the molecule is Cc1cc(C)c(OCCNC2CCCCC2O)c(C)c1. The molecule has 1 aromatic rings. The second-order valence-corrected chi connectivity index (χ2v) is 5.99. The lowest BCUT2D eigenvalue weighted by Gasteiger charge is -2.28. The van der Waals surface area contributed by atoms with Crippen LogP contribution in [0.25, 0.3) is 0 Å². The van der Waals surface area contributed by atoms with E-state index in [-0.39, 0.29) is 12.1 Å². The fourth-order valence-electron chi connectivity index (χ4n) is 3.14. The third-order valence-electron chi connectivity index (χ3n) is 4.09. The summed E-state index contributed by atoms with van der Waals surface area (Å²) in [5.41, 5.74) is 3.66. The molecule has 0 bridgehead atoms. The number of hydrogen-bond acceptors (Lipinski definition) is 3. The number of nitrogens with one attached hydrogen (secondary N) is 1. The number of benzene rings is 1. The van der Waals surface area contributed by atoms with Crippen LogP contribution in [0.5, 0.6) is 5.75 Å². The Morgan fingerprint density at radius 2 is 1.80 bits per heavy atom. The van der Waals surface area contributed by atoms with Gasteiger partial charge in [0.25, 0.3) is 0 Å². The maximum absolute atomic E-state index is 9.90. The summed E-state index contributed by atoms with van der Waals surface area (Å²) < 4.78 is 5.90. The fraction of sp³-hybridized carbons (Fsp3) is 0.647. The molecule has 0 amide bonds. The van der Waals surface area contributed by atoms with Crippen molar-refractivity contribution in [3.8, 4) is 5.75 Å². The molecule has 20 heavy (non-hydrogen) atoms. The Hall–Kier alpha value is -1.06.